The van der Waals surface area contributed by atoms with Gasteiger partial charge in [0, 0.05) is 19.7 Å². The maximum absolute atomic E-state index is 5.52. The van der Waals surface area contributed by atoms with Gasteiger partial charge in [0.2, 0.25) is 0 Å². The molecule has 0 aromatic rings. The molecule has 0 bridgehead atoms. The molecule has 0 unspecified atom stereocenters. The van der Waals surface area contributed by atoms with Crippen LogP contribution in [0, 0.1) is 0 Å². The molecule has 0 radical (unpaired) electrons. The minimum Gasteiger partial charge on any atom is -0.378 e. The summed E-state index contributed by atoms with van der Waals surface area (Å²) in [7, 11) is 1.97. The van der Waals surface area contributed by atoms with Crippen molar-refractivity contribution in [3.8, 4) is 0 Å². The highest BCUT2D eigenvalue weighted by atomic mass is 16.5. The van der Waals surface area contributed by atoms with Crippen molar-refractivity contribution in [1.29, 1.82) is 0 Å². The van der Waals surface area contributed by atoms with E-state index in [0.29, 0.717) is 6.10 Å². The molecule has 3 heteroatoms. The van der Waals surface area contributed by atoms with Crippen LogP contribution in [-0.2, 0) is 4.74 Å². The van der Waals surface area contributed by atoms with Crippen LogP contribution in [-0.4, -0.2) is 37.9 Å². The predicted octanol–water partition coefficient (Wildman–Crippen LogP) is 0.622. The molecule has 1 aliphatic heterocycles. The third-order valence-electron chi connectivity index (χ3n) is 2.16. The van der Waals surface area contributed by atoms with Gasteiger partial charge in [-0.15, -0.1) is 0 Å². The second-order valence-electron chi connectivity index (χ2n) is 2.87. The van der Waals surface area contributed by atoms with Gasteiger partial charge >= 0.3 is 0 Å². The number of hydrogen-bond acceptors (Lipinski definition) is 3. The van der Waals surface area contributed by atoms with Crippen molar-refractivity contribution in [1.82, 2.24) is 10.4 Å². The van der Waals surface area contributed by atoms with Crippen LogP contribution < -0.4 is 5.43 Å². The maximum atomic E-state index is 5.52. The van der Waals surface area contributed by atoms with Gasteiger partial charge in [-0.25, -0.2) is 5.01 Å². The fourth-order valence-electron chi connectivity index (χ4n) is 1.48. The van der Waals surface area contributed by atoms with E-state index < -0.39 is 0 Å². The molecule has 66 valence electrons. The minimum atomic E-state index is 0.504. The average molecular weight is 158 g/mol. The molecule has 0 saturated carbocycles. The van der Waals surface area contributed by atoms with Gasteiger partial charge < -0.3 is 4.74 Å². The summed E-state index contributed by atoms with van der Waals surface area (Å²) in [6, 6.07) is 0. The number of ether oxygens (including phenoxy) is 1. The summed E-state index contributed by atoms with van der Waals surface area (Å²) in [5, 5.41) is 2.23. The molecule has 1 fully saturated rings. The first kappa shape index (κ1) is 8.97. The van der Waals surface area contributed by atoms with Gasteiger partial charge in [-0.1, -0.05) is 0 Å². The molecule has 1 heterocycles. The smallest absolute Gasteiger partial charge is 0.0600 e. The second-order valence-corrected chi connectivity index (χ2v) is 2.87. The molecule has 0 amide bonds. The monoisotopic (exact) mass is 158 g/mol. The number of piperidine rings is 1. The first-order valence-corrected chi connectivity index (χ1v) is 4.40. The Labute approximate surface area is 68.7 Å². The van der Waals surface area contributed by atoms with Crippen molar-refractivity contribution in [3.05, 3.63) is 0 Å². The zero-order chi connectivity index (χ0) is 8.10. The van der Waals surface area contributed by atoms with E-state index in [0.717, 1.165) is 32.5 Å². The summed E-state index contributed by atoms with van der Waals surface area (Å²) >= 11 is 0. The molecule has 0 spiro atoms. The summed E-state index contributed by atoms with van der Waals surface area (Å²) in [6.07, 6.45) is 2.83. The van der Waals surface area contributed by atoms with Gasteiger partial charge in [0.1, 0.15) is 0 Å². The Morgan fingerprint density at radius 2 is 2.09 bits per heavy atom. The predicted molar refractivity (Wildman–Crippen MR) is 45.3 cm³/mol. The van der Waals surface area contributed by atoms with E-state index in [9.17, 15) is 0 Å². The van der Waals surface area contributed by atoms with Gasteiger partial charge in [0.25, 0.3) is 0 Å². The molecule has 1 N–H and O–H groups in total. The van der Waals surface area contributed by atoms with Gasteiger partial charge in [-0.05, 0) is 26.8 Å². The van der Waals surface area contributed by atoms with Crippen molar-refractivity contribution < 1.29 is 4.74 Å². The molecule has 0 aromatic carbocycles. The molecule has 1 rings (SSSR count). The molecule has 0 atom stereocenters. The quantitative estimate of drug-likeness (QED) is 0.651. The zero-order valence-electron chi connectivity index (χ0n) is 7.47. The van der Waals surface area contributed by atoms with E-state index in [2.05, 4.69) is 17.4 Å². The van der Waals surface area contributed by atoms with E-state index in [1.54, 1.807) is 0 Å². The summed E-state index contributed by atoms with van der Waals surface area (Å²) in [5.74, 6) is 0. The molecular formula is C8H18N2O. The molecule has 1 aliphatic rings. The lowest BCUT2D eigenvalue weighted by Crippen LogP contribution is -2.43. The molecule has 11 heavy (non-hydrogen) atoms. The van der Waals surface area contributed by atoms with E-state index in [-0.39, 0.29) is 0 Å². The van der Waals surface area contributed by atoms with E-state index in [1.807, 2.05) is 7.05 Å². The standard InChI is InChI=1S/C8H18N2O/c1-3-11-8-4-6-10(9-2)7-5-8/h8-9H,3-7H2,1-2H3. The van der Waals surface area contributed by atoms with Crippen LogP contribution in [0.1, 0.15) is 19.8 Å². The third kappa shape index (κ3) is 2.77. The maximum Gasteiger partial charge on any atom is 0.0600 e. The summed E-state index contributed by atoms with van der Waals surface area (Å²) in [5.41, 5.74) is 3.14. The lowest BCUT2D eigenvalue weighted by Gasteiger charge is -2.30. The number of hydrazine groups is 1. The first-order chi connectivity index (χ1) is 5.36. The van der Waals surface area contributed by atoms with E-state index in [4.69, 9.17) is 4.74 Å². The number of nitrogens with one attached hydrogen (secondary N) is 1. The Morgan fingerprint density at radius 1 is 1.45 bits per heavy atom. The molecule has 1 saturated heterocycles. The topological polar surface area (TPSA) is 24.5 Å². The summed E-state index contributed by atoms with van der Waals surface area (Å²) in [6.45, 7) is 5.14. The van der Waals surface area contributed by atoms with Gasteiger partial charge in [0.15, 0.2) is 0 Å². The van der Waals surface area contributed by atoms with Crippen LogP contribution in [0.25, 0.3) is 0 Å². The van der Waals surface area contributed by atoms with Crippen LogP contribution in [0.4, 0.5) is 0 Å². The van der Waals surface area contributed by atoms with Gasteiger partial charge in [0.05, 0.1) is 6.10 Å². The lowest BCUT2D eigenvalue weighted by molar-refractivity contribution is 0.00403. The highest BCUT2D eigenvalue weighted by Gasteiger charge is 2.17. The Bertz CT molecular complexity index is 100. The fraction of sp³-hybridized carbons (Fsp3) is 1.00. The van der Waals surface area contributed by atoms with Crippen LogP contribution in [0.5, 0.6) is 0 Å². The van der Waals surface area contributed by atoms with Crippen LogP contribution >= 0.6 is 0 Å². The second kappa shape index (κ2) is 4.70. The fourth-order valence-corrected chi connectivity index (χ4v) is 1.48. The average Bonchev–Trinajstić information content (AvgIpc) is 2.07. The molecular weight excluding hydrogens is 140 g/mol. The Kier molecular flexibility index (Phi) is 3.83. The summed E-state index contributed by atoms with van der Waals surface area (Å²) in [4.78, 5) is 0. The van der Waals surface area contributed by atoms with Crippen LogP contribution in [0.2, 0.25) is 0 Å². The van der Waals surface area contributed by atoms with Crippen molar-refractivity contribution in [2.75, 3.05) is 26.7 Å². The largest absolute Gasteiger partial charge is 0.378 e. The van der Waals surface area contributed by atoms with Crippen molar-refractivity contribution in [2.45, 2.75) is 25.9 Å². The number of rotatable bonds is 3. The van der Waals surface area contributed by atoms with Crippen LogP contribution in [0.3, 0.4) is 0 Å². The first-order valence-electron chi connectivity index (χ1n) is 4.40. The Morgan fingerprint density at radius 3 is 2.55 bits per heavy atom. The Hall–Kier alpha value is -0.120. The molecule has 0 aliphatic carbocycles. The Balaban J connectivity index is 2.14. The van der Waals surface area contributed by atoms with Gasteiger partial charge in [-0.3, -0.25) is 5.43 Å². The third-order valence-corrected chi connectivity index (χ3v) is 2.16. The normalized spacial score (nSPS) is 22.4. The zero-order valence-corrected chi connectivity index (χ0v) is 7.47. The van der Waals surface area contributed by atoms with Gasteiger partial charge in [-0.2, -0.15) is 0 Å². The minimum absolute atomic E-state index is 0.504. The van der Waals surface area contributed by atoms with Crippen molar-refractivity contribution in [3.63, 3.8) is 0 Å². The van der Waals surface area contributed by atoms with Crippen molar-refractivity contribution >= 4 is 0 Å². The van der Waals surface area contributed by atoms with Crippen molar-refractivity contribution in [2.24, 2.45) is 0 Å². The van der Waals surface area contributed by atoms with E-state index in [1.165, 1.54) is 0 Å². The lowest BCUT2D eigenvalue weighted by atomic mass is 10.1. The SMILES string of the molecule is CCOC1CCN(NC)CC1. The highest BCUT2D eigenvalue weighted by molar-refractivity contribution is 4.69. The summed E-state index contributed by atoms with van der Waals surface area (Å²) < 4.78 is 5.52. The molecule has 3 nitrogen and oxygen atoms in total. The van der Waals surface area contributed by atoms with Crippen LogP contribution in [0.15, 0.2) is 0 Å². The highest BCUT2D eigenvalue weighted by Crippen LogP contribution is 2.11. The number of nitrogens with zero attached hydrogens (tertiary/aromatic N) is 1. The van der Waals surface area contributed by atoms with E-state index >= 15 is 0 Å². The molecule has 0 aromatic heterocycles. The number of hydrogen-bond donors (Lipinski definition) is 1.